The number of benzene rings is 2. The quantitative estimate of drug-likeness (QED) is 0.452. The number of imidazole rings is 1. The largest absolute Gasteiger partial charge is 0.337 e. The van der Waals surface area contributed by atoms with Gasteiger partial charge >= 0.3 is 0 Å². The summed E-state index contributed by atoms with van der Waals surface area (Å²) in [5.41, 5.74) is 1.15. The molecule has 0 spiro atoms. The number of halogens is 2. The molecule has 4 rings (SSSR count). The molecule has 0 aliphatic heterocycles. The minimum atomic E-state index is -0.706. The van der Waals surface area contributed by atoms with Gasteiger partial charge in [0.15, 0.2) is 9.90 Å². The third kappa shape index (κ3) is 3.49. The van der Waals surface area contributed by atoms with Gasteiger partial charge in [0, 0.05) is 29.0 Å². The zero-order chi connectivity index (χ0) is 19.7. The number of aromatic nitrogens is 3. The number of rotatable bonds is 4. The molecule has 1 amide bonds. The van der Waals surface area contributed by atoms with Gasteiger partial charge in [-0.15, -0.1) is 11.3 Å². The Bertz CT molecular complexity index is 1190. The van der Waals surface area contributed by atoms with Crippen LogP contribution in [0.3, 0.4) is 0 Å². The number of hydrogen-bond acceptors (Lipinski definition) is 4. The van der Waals surface area contributed by atoms with Crippen LogP contribution in [0.5, 0.6) is 0 Å². The lowest BCUT2D eigenvalue weighted by atomic mass is 10.1. The molecule has 2 heterocycles. The maximum absolute atomic E-state index is 13.9. The SMILES string of the molecule is O=C(Nc1nc(-c2c(F)cccc2F)cs1)c1ccc(-n2cc[nH]c2=S)cc1. The van der Waals surface area contributed by atoms with E-state index in [4.69, 9.17) is 12.2 Å². The summed E-state index contributed by atoms with van der Waals surface area (Å²) < 4.78 is 30.1. The number of aromatic amines is 1. The first-order valence-electron chi connectivity index (χ1n) is 8.10. The first-order chi connectivity index (χ1) is 13.5. The van der Waals surface area contributed by atoms with Crippen LogP contribution in [0.2, 0.25) is 0 Å². The van der Waals surface area contributed by atoms with Gasteiger partial charge in [-0.3, -0.25) is 14.7 Å². The van der Waals surface area contributed by atoms with Gasteiger partial charge in [-0.2, -0.15) is 0 Å². The number of carbonyl (C=O) groups is 1. The molecular formula is C19H12F2N4OS2. The molecule has 5 nitrogen and oxygen atoms in total. The average molecular weight is 414 g/mol. The van der Waals surface area contributed by atoms with Gasteiger partial charge in [0.2, 0.25) is 0 Å². The Kier molecular flexibility index (Phi) is 4.84. The van der Waals surface area contributed by atoms with Crippen LogP contribution in [0.25, 0.3) is 16.9 Å². The predicted molar refractivity (Wildman–Crippen MR) is 106 cm³/mol. The van der Waals surface area contributed by atoms with Crippen molar-refractivity contribution in [2.45, 2.75) is 0 Å². The Morgan fingerprint density at radius 2 is 1.86 bits per heavy atom. The maximum Gasteiger partial charge on any atom is 0.257 e. The van der Waals surface area contributed by atoms with Crippen molar-refractivity contribution >= 4 is 34.6 Å². The van der Waals surface area contributed by atoms with E-state index in [1.807, 2.05) is 0 Å². The molecule has 0 fully saturated rings. The fourth-order valence-corrected chi connectivity index (χ4v) is 3.59. The highest BCUT2D eigenvalue weighted by atomic mass is 32.1. The molecule has 0 saturated carbocycles. The average Bonchev–Trinajstić information content (AvgIpc) is 3.31. The lowest BCUT2D eigenvalue weighted by molar-refractivity contribution is 0.102. The topological polar surface area (TPSA) is 62.7 Å². The van der Waals surface area contributed by atoms with Gasteiger partial charge in [-0.25, -0.2) is 13.8 Å². The van der Waals surface area contributed by atoms with E-state index < -0.39 is 11.6 Å². The molecule has 2 aromatic heterocycles. The molecular weight excluding hydrogens is 402 g/mol. The number of hydrogen-bond donors (Lipinski definition) is 2. The molecule has 0 saturated heterocycles. The molecule has 140 valence electrons. The summed E-state index contributed by atoms with van der Waals surface area (Å²) in [6, 6.07) is 10.5. The van der Waals surface area contributed by atoms with Crippen molar-refractivity contribution in [3.05, 3.63) is 82.2 Å². The fourth-order valence-electron chi connectivity index (χ4n) is 2.65. The number of thiazole rings is 1. The minimum Gasteiger partial charge on any atom is -0.337 e. The second kappa shape index (κ2) is 7.45. The smallest absolute Gasteiger partial charge is 0.257 e. The summed E-state index contributed by atoms with van der Waals surface area (Å²) in [5, 5.41) is 4.39. The van der Waals surface area contributed by atoms with Gasteiger partial charge < -0.3 is 4.98 Å². The van der Waals surface area contributed by atoms with E-state index in [9.17, 15) is 13.6 Å². The van der Waals surface area contributed by atoms with E-state index in [0.29, 0.717) is 10.3 Å². The van der Waals surface area contributed by atoms with Crippen molar-refractivity contribution in [3.8, 4) is 16.9 Å². The van der Waals surface area contributed by atoms with Crippen molar-refractivity contribution in [1.82, 2.24) is 14.5 Å². The normalized spacial score (nSPS) is 10.8. The number of nitrogens with one attached hydrogen (secondary N) is 2. The Labute approximate surface area is 167 Å². The van der Waals surface area contributed by atoms with Crippen LogP contribution in [-0.2, 0) is 0 Å². The van der Waals surface area contributed by atoms with Gasteiger partial charge in [0.05, 0.1) is 11.3 Å². The molecule has 2 N–H and O–H groups in total. The predicted octanol–water partition coefficient (Wildman–Crippen LogP) is 5.19. The van der Waals surface area contributed by atoms with Gasteiger partial charge in [-0.1, -0.05) is 6.07 Å². The van der Waals surface area contributed by atoms with E-state index in [0.717, 1.165) is 29.2 Å². The summed E-state index contributed by atoms with van der Waals surface area (Å²) in [7, 11) is 0. The molecule has 0 radical (unpaired) electrons. The monoisotopic (exact) mass is 414 g/mol. The number of H-pyrrole nitrogens is 1. The molecule has 9 heteroatoms. The summed E-state index contributed by atoms with van der Waals surface area (Å²) in [4.78, 5) is 19.5. The molecule has 0 atom stereocenters. The van der Waals surface area contributed by atoms with E-state index in [2.05, 4.69) is 15.3 Å². The van der Waals surface area contributed by atoms with E-state index in [1.54, 1.807) is 41.2 Å². The zero-order valence-electron chi connectivity index (χ0n) is 14.1. The van der Waals surface area contributed by atoms with Crippen LogP contribution >= 0.6 is 23.6 Å². The fraction of sp³-hybridized carbons (Fsp3) is 0. The maximum atomic E-state index is 13.9. The third-order valence-corrected chi connectivity index (χ3v) is 5.07. The van der Waals surface area contributed by atoms with Crippen molar-refractivity contribution in [2.24, 2.45) is 0 Å². The van der Waals surface area contributed by atoms with Crippen LogP contribution in [-0.4, -0.2) is 20.4 Å². The molecule has 2 aromatic carbocycles. The lowest BCUT2D eigenvalue weighted by Gasteiger charge is -2.05. The van der Waals surface area contributed by atoms with Gasteiger partial charge in [-0.05, 0) is 48.6 Å². The summed E-state index contributed by atoms with van der Waals surface area (Å²) in [6.45, 7) is 0. The van der Waals surface area contributed by atoms with Crippen molar-refractivity contribution < 1.29 is 13.6 Å². The minimum absolute atomic E-state index is 0.132. The van der Waals surface area contributed by atoms with Crippen molar-refractivity contribution in [2.75, 3.05) is 5.32 Å². The number of amides is 1. The summed E-state index contributed by atoms with van der Waals surface area (Å²) in [6.07, 6.45) is 3.51. The van der Waals surface area contributed by atoms with Crippen LogP contribution in [0.4, 0.5) is 13.9 Å². The Morgan fingerprint density at radius 1 is 1.14 bits per heavy atom. The standard InChI is InChI=1S/C19H12F2N4OS2/c20-13-2-1-3-14(21)16(13)15-10-28-18(23-15)24-17(26)11-4-6-12(7-5-11)25-9-8-22-19(25)27/h1-10H,(H,22,27)(H,23,24,26). The second-order valence-electron chi connectivity index (χ2n) is 5.77. The van der Waals surface area contributed by atoms with Crippen LogP contribution < -0.4 is 5.32 Å². The third-order valence-electron chi connectivity index (χ3n) is 4.00. The highest BCUT2D eigenvalue weighted by molar-refractivity contribution is 7.71. The Morgan fingerprint density at radius 3 is 2.50 bits per heavy atom. The number of carbonyl (C=O) groups excluding carboxylic acids is 1. The highest BCUT2D eigenvalue weighted by Gasteiger charge is 2.16. The van der Waals surface area contributed by atoms with Gasteiger partial charge in [0.1, 0.15) is 11.6 Å². The highest BCUT2D eigenvalue weighted by Crippen LogP contribution is 2.29. The number of nitrogens with zero attached hydrogens (tertiary/aromatic N) is 2. The summed E-state index contributed by atoms with van der Waals surface area (Å²) in [5.74, 6) is -1.79. The molecule has 0 bridgehead atoms. The van der Waals surface area contributed by atoms with Crippen LogP contribution in [0, 0.1) is 16.4 Å². The molecule has 0 aliphatic carbocycles. The van der Waals surface area contributed by atoms with E-state index >= 15 is 0 Å². The van der Waals surface area contributed by atoms with Crippen LogP contribution in [0.15, 0.2) is 60.2 Å². The Hall–Kier alpha value is -3.17. The summed E-state index contributed by atoms with van der Waals surface area (Å²) >= 11 is 6.26. The van der Waals surface area contributed by atoms with Crippen molar-refractivity contribution in [1.29, 1.82) is 0 Å². The second-order valence-corrected chi connectivity index (χ2v) is 7.02. The number of anilines is 1. The molecule has 0 aliphatic rings. The first kappa shape index (κ1) is 18.2. The Balaban J connectivity index is 1.52. The van der Waals surface area contributed by atoms with Gasteiger partial charge in [0.25, 0.3) is 5.91 Å². The lowest BCUT2D eigenvalue weighted by Crippen LogP contribution is -2.11. The van der Waals surface area contributed by atoms with E-state index in [-0.39, 0.29) is 22.3 Å². The van der Waals surface area contributed by atoms with Crippen molar-refractivity contribution in [3.63, 3.8) is 0 Å². The first-order valence-corrected chi connectivity index (χ1v) is 9.39. The van der Waals surface area contributed by atoms with E-state index in [1.165, 1.54) is 11.4 Å². The molecule has 4 aromatic rings. The zero-order valence-corrected chi connectivity index (χ0v) is 15.8. The molecule has 28 heavy (non-hydrogen) atoms. The van der Waals surface area contributed by atoms with Crippen LogP contribution in [0.1, 0.15) is 10.4 Å². The molecule has 0 unspecified atom stereocenters.